The van der Waals surface area contributed by atoms with Gasteiger partial charge in [0.1, 0.15) is 0 Å². The van der Waals surface area contributed by atoms with Gasteiger partial charge in [0.15, 0.2) is 0 Å². The fourth-order valence-electron chi connectivity index (χ4n) is 1.38. The summed E-state index contributed by atoms with van der Waals surface area (Å²) in [7, 11) is 0. The largest absolute Gasteiger partial charge is 2.00 e. The zero-order chi connectivity index (χ0) is 11.8. The van der Waals surface area contributed by atoms with Gasteiger partial charge in [0, 0.05) is 0 Å². The molecule has 16 heavy (non-hydrogen) atoms. The van der Waals surface area contributed by atoms with Crippen molar-refractivity contribution in [3.63, 3.8) is 0 Å². The second-order valence-electron chi connectivity index (χ2n) is 4.18. The van der Waals surface area contributed by atoms with Crippen LogP contribution < -0.4 is 0 Å². The molecule has 1 heteroatoms. The van der Waals surface area contributed by atoms with E-state index in [-0.39, 0.29) is 19.5 Å². The molecule has 0 nitrogen and oxygen atoms in total. The molecular weight excluding hydrogens is 246 g/mol. The molecule has 0 fully saturated rings. The number of unbranched alkanes of at least 4 members (excludes halogenated alkanes) is 9. The van der Waals surface area contributed by atoms with Crippen LogP contribution in [0.1, 0.15) is 84.5 Å². The maximum atomic E-state index is 3.78. The Morgan fingerprint density at radius 3 is 1.19 bits per heavy atom. The van der Waals surface area contributed by atoms with Gasteiger partial charge in [-0.15, -0.1) is 0 Å². The number of rotatable bonds is 9. The molecule has 0 heterocycles. The molecule has 0 radical (unpaired) electrons. The van der Waals surface area contributed by atoms with Crippen LogP contribution in [0.3, 0.4) is 0 Å². The van der Waals surface area contributed by atoms with Crippen LogP contribution in [-0.2, 0) is 19.5 Å². The first-order valence-corrected chi connectivity index (χ1v) is 6.91. The molecule has 0 aromatic rings. The summed E-state index contributed by atoms with van der Waals surface area (Å²) in [6.07, 6.45) is 14.5. The molecule has 0 atom stereocenters. The van der Waals surface area contributed by atoms with Crippen molar-refractivity contribution in [1.29, 1.82) is 0 Å². The van der Waals surface area contributed by atoms with E-state index in [0.717, 1.165) is 12.8 Å². The summed E-state index contributed by atoms with van der Waals surface area (Å²) in [5.41, 5.74) is 0. The van der Waals surface area contributed by atoms with Crippen molar-refractivity contribution in [2.45, 2.75) is 84.5 Å². The maximum absolute atomic E-state index is 3.78. The van der Waals surface area contributed by atoms with Crippen molar-refractivity contribution in [3.05, 3.63) is 13.8 Å². The van der Waals surface area contributed by atoms with Gasteiger partial charge in [0.25, 0.3) is 0 Å². The first kappa shape index (κ1) is 21.9. The van der Waals surface area contributed by atoms with Crippen molar-refractivity contribution in [1.82, 2.24) is 0 Å². The van der Waals surface area contributed by atoms with E-state index in [9.17, 15) is 0 Å². The van der Waals surface area contributed by atoms with Crippen LogP contribution in [0.25, 0.3) is 0 Å². The molecule has 0 unspecified atom stereocenters. The third-order valence-electron chi connectivity index (χ3n) is 2.46. The minimum atomic E-state index is 0. The van der Waals surface area contributed by atoms with Crippen molar-refractivity contribution in [2.24, 2.45) is 0 Å². The standard InChI is InChI=1S/C8H17.C7H15.Zn/c1-3-5-7-8-6-4-2;1-3-5-7-6-4-2;/h1,3-8H2,2H3;1,3-7H2,2H3;/q2*-1;+2. The van der Waals surface area contributed by atoms with Gasteiger partial charge in [-0.3, -0.25) is 0 Å². The van der Waals surface area contributed by atoms with Crippen molar-refractivity contribution >= 4 is 0 Å². The number of hydrogen-bond acceptors (Lipinski definition) is 0. The van der Waals surface area contributed by atoms with E-state index in [1.165, 1.54) is 57.8 Å². The van der Waals surface area contributed by atoms with Crippen LogP contribution >= 0.6 is 0 Å². The predicted molar refractivity (Wildman–Crippen MR) is 72.8 cm³/mol. The average molecular weight is 278 g/mol. The molecule has 0 rings (SSSR count). The van der Waals surface area contributed by atoms with E-state index < -0.39 is 0 Å². The van der Waals surface area contributed by atoms with Gasteiger partial charge >= 0.3 is 19.5 Å². The molecule has 94 valence electrons. The molecule has 0 aliphatic heterocycles. The molecule has 0 aromatic carbocycles. The molecule has 0 aliphatic carbocycles. The van der Waals surface area contributed by atoms with Gasteiger partial charge in [0.2, 0.25) is 0 Å². The molecule has 0 N–H and O–H groups in total. The summed E-state index contributed by atoms with van der Waals surface area (Å²) in [6.45, 7) is 12.0. The van der Waals surface area contributed by atoms with E-state index in [4.69, 9.17) is 0 Å². The third kappa shape index (κ3) is 29.3. The fraction of sp³-hybridized carbons (Fsp3) is 0.867. The average Bonchev–Trinajstić information content (AvgIpc) is 2.26. The quantitative estimate of drug-likeness (QED) is 0.277. The zero-order valence-electron chi connectivity index (χ0n) is 11.9. The third-order valence-corrected chi connectivity index (χ3v) is 2.46. The summed E-state index contributed by atoms with van der Waals surface area (Å²) >= 11 is 0. The topological polar surface area (TPSA) is 0 Å². The summed E-state index contributed by atoms with van der Waals surface area (Å²) in [4.78, 5) is 0. The maximum Gasteiger partial charge on any atom is 2.00 e. The van der Waals surface area contributed by atoms with Gasteiger partial charge in [-0.1, -0.05) is 71.6 Å². The van der Waals surface area contributed by atoms with Crippen LogP contribution in [0.5, 0.6) is 0 Å². The molecule has 0 amide bonds. The molecule has 0 bridgehead atoms. The Kier molecular flexibility index (Phi) is 33.8. The molecule has 0 aliphatic rings. The van der Waals surface area contributed by atoms with Crippen molar-refractivity contribution in [2.75, 3.05) is 0 Å². The van der Waals surface area contributed by atoms with Gasteiger partial charge in [-0.2, -0.15) is 12.8 Å². The first-order valence-electron chi connectivity index (χ1n) is 6.91. The molecular formula is C15H32Zn. The Hall–Kier alpha value is 0.623. The van der Waals surface area contributed by atoms with Crippen molar-refractivity contribution < 1.29 is 19.5 Å². The van der Waals surface area contributed by atoms with E-state index in [0.29, 0.717) is 0 Å². The van der Waals surface area contributed by atoms with Gasteiger partial charge < -0.3 is 13.8 Å². The fourth-order valence-corrected chi connectivity index (χ4v) is 1.38. The Labute approximate surface area is 118 Å². The summed E-state index contributed by atoms with van der Waals surface area (Å²) < 4.78 is 0. The van der Waals surface area contributed by atoms with Crippen LogP contribution in [0.4, 0.5) is 0 Å². The number of hydrogen-bond donors (Lipinski definition) is 0. The molecule has 0 spiro atoms. The Morgan fingerprint density at radius 2 is 0.875 bits per heavy atom. The van der Waals surface area contributed by atoms with Crippen LogP contribution in [-0.4, -0.2) is 0 Å². The normalized spacial score (nSPS) is 9.00. The van der Waals surface area contributed by atoms with Crippen molar-refractivity contribution in [3.8, 4) is 0 Å². The SMILES string of the molecule is [CH2-]CCCCCC.[CH2-]CCCCCCC.[Zn+2]. The molecule has 0 saturated carbocycles. The van der Waals surface area contributed by atoms with Crippen LogP contribution in [0, 0.1) is 13.8 Å². The smallest absolute Gasteiger partial charge is 0.343 e. The Bertz CT molecular complexity index is 71.5. The minimum absolute atomic E-state index is 0. The van der Waals surface area contributed by atoms with Gasteiger partial charge in [-0.05, 0) is 0 Å². The monoisotopic (exact) mass is 276 g/mol. The summed E-state index contributed by atoms with van der Waals surface area (Å²) in [5.74, 6) is 0. The van der Waals surface area contributed by atoms with E-state index in [1.807, 2.05) is 0 Å². The second-order valence-corrected chi connectivity index (χ2v) is 4.18. The zero-order valence-corrected chi connectivity index (χ0v) is 14.9. The van der Waals surface area contributed by atoms with Crippen LogP contribution in [0.2, 0.25) is 0 Å². The van der Waals surface area contributed by atoms with E-state index >= 15 is 0 Å². The Morgan fingerprint density at radius 1 is 0.562 bits per heavy atom. The van der Waals surface area contributed by atoms with Gasteiger partial charge in [0.05, 0.1) is 0 Å². The Balaban J connectivity index is -0.000000200. The second kappa shape index (κ2) is 24.7. The predicted octanol–water partition coefficient (Wildman–Crippen LogP) is 5.97. The molecule has 0 saturated heterocycles. The molecule has 0 aromatic heterocycles. The summed E-state index contributed by atoms with van der Waals surface area (Å²) in [5, 5.41) is 0. The first-order chi connectivity index (χ1) is 7.33. The van der Waals surface area contributed by atoms with E-state index in [1.54, 1.807) is 0 Å². The van der Waals surface area contributed by atoms with E-state index in [2.05, 4.69) is 27.7 Å². The van der Waals surface area contributed by atoms with Crippen LogP contribution in [0.15, 0.2) is 0 Å². The van der Waals surface area contributed by atoms with Gasteiger partial charge in [-0.25, -0.2) is 0 Å². The summed E-state index contributed by atoms with van der Waals surface area (Å²) in [6, 6.07) is 0. The minimum Gasteiger partial charge on any atom is -0.343 e.